The van der Waals surface area contributed by atoms with Crippen molar-refractivity contribution in [1.29, 1.82) is 0 Å². The van der Waals surface area contributed by atoms with Crippen LogP contribution in [0.4, 0.5) is 0 Å². The maximum atomic E-state index is 11.1. The average molecular weight is 202 g/mol. The second-order valence-electron chi connectivity index (χ2n) is 2.18. The van der Waals surface area contributed by atoms with E-state index in [9.17, 15) is 14.4 Å². The first kappa shape index (κ1) is 12.4. The highest BCUT2D eigenvalue weighted by atomic mass is 16.6. The van der Waals surface area contributed by atoms with Crippen molar-refractivity contribution in [2.75, 3.05) is 13.2 Å². The Morgan fingerprint density at radius 1 is 1.21 bits per heavy atom. The third-order valence-corrected chi connectivity index (χ3v) is 1.25. The molecule has 0 aromatic carbocycles. The molecule has 0 aromatic heterocycles. The van der Waals surface area contributed by atoms with Crippen molar-refractivity contribution < 1.29 is 23.9 Å². The lowest BCUT2D eigenvalue weighted by atomic mass is 10.3. The van der Waals surface area contributed by atoms with Crippen LogP contribution in [0, 0.1) is 0 Å². The van der Waals surface area contributed by atoms with Crippen molar-refractivity contribution in [1.82, 2.24) is 5.32 Å². The van der Waals surface area contributed by atoms with Gasteiger partial charge in [0.25, 0.3) is 0 Å². The molecule has 0 aliphatic heterocycles. The fraction of sp³-hybridized carbons (Fsp3) is 0.625. The van der Waals surface area contributed by atoms with Gasteiger partial charge in [-0.25, -0.2) is 9.59 Å². The van der Waals surface area contributed by atoms with E-state index in [2.05, 4.69) is 9.47 Å². The quantitative estimate of drug-likeness (QED) is 0.344. The van der Waals surface area contributed by atoms with Crippen LogP contribution in [-0.4, -0.2) is 37.6 Å². The summed E-state index contributed by atoms with van der Waals surface area (Å²) in [4.78, 5) is 32.2. The Labute approximate surface area is 81.6 Å². The van der Waals surface area contributed by atoms with Gasteiger partial charge in [-0.1, -0.05) is 0 Å². The largest absolute Gasteiger partial charge is 0.464 e. The van der Waals surface area contributed by atoms with Crippen molar-refractivity contribution in [3.05, 3.63) is 0 Å². The maximum Gasteiger partial charge on any atom is 0.340 e. The van der Waals surface area contributed by atoms with E-state index in [0.717, 1.165) is 0 Å². The minimum atomic E-state index is -1.42. The number of hydrogen-bond acceptors (Lipinski definition) is 5. The first-order chi connectivity index (χ1) is 6.67. The van der Waals surface area contributed by atoms with Crippen LogP contribution in [0.15, 0.2) is 0 Å². The summed E-state index contributed by atoms with van der Waals surface area (Å²) < 4.78 is 9.09. The molecule has 1 N–H and O–H groups in total. The molecule has 0 unspecified atom stereocenters. The summed E-state index contributed by atoms with van der Waals surface area (Å²) in [6.07, 6.45) is 1.24. The third-order valence-electron chi connectivity index (χ3n) is 1.25. The summed E-state index contributed by atoms with van der Waals surface area (Å²) in [6.45, 7) is 3.42. The van der Waals surface area contributed by atoms with Crippen molar-refractivity contribution >= 4 is 18.3 Å². The summed E-state index contributed by atoms with van der Waals surface area (Å²) in [7, 11) is 0. The fourth-order valence-corrected chi connectivity index (χ4v) is 0.724. The second-order valence-corrected chi connectivity index (χ2v) is 2.18. The van der Waals surface area contributed by atoms with Crippen molar-refractivity contribution in [3.63, 3.8) is 0 Å². The molecule has 1 radical (unpaired) electrons. The molecular weight excluding hydrogens is 190 g/mol. The molecule has 0 saturated heterocycles. The fourth-order valence-electron chi connectivity index (χ4n) is 0.724. The molecule has 0 aromatic rings. The molecular formula is C8H12NO5. The summed E-state index contributed by atoms with van der Waals surface area (Å²) >= 11 is 0. The van der Waals surface area contributed by atoms with Gasteiger partial charge in [0.15, 0.2) is 0 Å². The zero-order chi connectivity index (χ0) is 11.0. The van der Waals surface area contributed by atoms with Crippen LogP contribution in [0.25, 0.3) is 0 Å². The normalized spacial score (nSPS) is 9.36. The van der Waals surface area contributed by atoms with Gasteiger partial charge in [-0.3, -0.25) is 4.79 Å². The minimum Gasteiger partial charge on any atom is -0.464 e. The highest BCUT2D eigenvalue weighted by Crippen LogP contribution is 1.93. The first-order valence-corrected chi connectivity index (χ1v) is 4.13. The molecule has 0 heterocycles. The van der Waals surface area contributed by atoms with Crippen LogP contribution >= 0.6 is 0 Å². The Hall–Kier alpha value is -1.59. The van der Waals surface area contributed by atoms with Gasteiger partial charge >= 0.3 is 18.3 Å². The van der Waals surface area contributed by atoms with Gasteiger partial charge in [-0.2, -0.15) is 0 Å². The molecule has 6 heteroatoms. The number of ether oxygens (including phenoxy) is 2. The second kappa shape index (κ2) is 6.88. The molecule has 0 saturated carbocycles. The number of amides is 1. The van der Waals surface area contributed by atoms with Crippen molar-refractivity contribution in [2.24, 2.45) is 0 Å². The molecule has 0 aliphatic carbocycles. The Bertz CT molecular complexity index is 198. The SMILES string of the molecule is CCOC(=O)C(N[C]=O)C(=O)OCC. The highest BCUT2D eigenvalue weighted by molar-refractivity contribution is 6.00. The number of carbonyl (C=O) groups excluding carboxylic acids is 3. The molecule has 0 rings (SSSR count). The number of rotatable bonds is 6. The van der Waals surface area contributed by atoms with E-state index in [1.807, 2.05) is 5.32 Å². The van der Waals surface area contributed by atoms with Crippen molar-refractivity contribution in [3.8, 4) is 0 Å². The van der Waals surface area contributed by atoms with Crippen LogP contribution in [0.5, 0.6) is 0 Å². The van der Waals surface area contributed by atoms with E-state index in [1.54, 1.807) is 13.8 Å². The average Bonchev–Trinajstić information content (AvgIpc) is 2.14. The Morgan fingerprint density at radius 3 is 1.93 bits per heavy atom. The van der Waals surface area contributed by atoms with E-state index in [1.165, 1.54) is 6.41 Å². The molecule has 1 amide bonds. The number of nitrogens with one attached hydrogen (secondary N) is 1. The monoisotopic (exact) mass is 202 g/mol. The molecule has 6 nitrogen and oxygen atoms in total. The molecule has 0 atom stereocenters. The summed E-state index contributed by atoms with van der Waals surface area (Å²) in [6, 6.07) is -1.42. The summed E-state index contributed by atoms with van der Waals surface area (Å²) in [5.41, 5.74) is 0. The number of carbonyl (C=O) groups is 2. The molecule has 0 aliphatic rings. The first-order valence-electron chi connectivity index (χ1n) is 4.13. The topological polar surface area (TPSA) is 81.7 Å². The summed E-state index contributed by atoms with van der Waals surface area (Å²) in [5, 5.41) is 1.90. The zero-order valence-electron chi connectivity index (χ0n) is 8.03. The van der Waals surface area contributed by atoms with E-state index < -0.39 is 18.0 Å². The van der Waals surface area contributed by atoms with Crippen LogP contribution < -0.4 is 5.32 Å². The van der Waals surface area contributed by atoms with Crippen LogP contribution in [0.3, 0.4) is 0 Å². The number of esters is 2. The summed E-state index contributed by atoms with van der Waals surface area (Å²) in [5.74, 6) is -1.70. The van der Waals surface area contributed by atoms with Crippen LogP contribution in [0.1, 0.15) is 13.8 Å². The van der Waals surface area contributed by atoms with Gasteiger partial charge < -0.3 is 14.8 Å². The zero-order valence-corrected chi connectivity index (χ0v) is 8.03. The predicted molar refractivity (Wildman–Crippen MR) is 45.9 cm³/mol. The Morgan fingerprint density at radius 2 is 1.64 bits per heavy atom. The van der Waals surface area contributed by atoms with E-state index in [4.69, 9.17) is 0 Å². The lowest BCUT2D eigenvalue weighted by molar-refractivity contribution is -0.157. The van der Waals surface area contributed by atoms with E-state index in [-0.39, 0.29) is 13.2 Å². The Balaban J connectivity index is 4.33. The molecule has 79 valence electrons. The smallest absolute Gasteiger partial charge is 0.340 e. The molecule has 0 spiro atoms. The predicted octanol–water partition coefficient (Wildman–Crippen LogP) is -0.862. The molecule has 0 bridgehead atoms. The minimum absolute atomic E-state index is 0.120. The van der Waals surface area contributed by atoms with Gasteiger partial charge in [0, 0.05) is 0 Å². The third kappa shape index (κ3) is 3.88. The highest BCUT2D eigenvalue weighted by Gasteiger charge is 2.28. The maximum absolute atomic E-state index is 11.1. The van der Waals surface area contributed by atoms with Crippen LogP contribution in [-0.2, 0) is 23.9 Å². The van der Waals surface area contributed by atoms with E-state index >= 15 is 0 Å². The van der Waals surface area contributed by atoms with Gasteiger partial charge in [-0.15, -0.1) is 0 Å². The molecule has 0 fully saturated rings. The standard InChI is InChI=1S/C8H12NO5/c1-3-13-7(11)6(9-5-10)8(12)14-4-2/h6H,3-4H2,1-2H3,(H,9,10). The lowest BCUT2D eigenvalue weighted by Crippen LogP contribution is -2.44. The van der Waals surface area contributed by atoms with Crippen molar-refractivity contribution in [2.45, 2.75) is 19.9 Å². The molecule has 14 heavy (non-hydrogen) atoms. The lowest BCUT2D eigenvalue weighted by Gasteiger charge is -2.12. The number of hydrogen-bond donors (Lipinski definition) is 1. The van der Waals surface area contributed by atoms with Crippen LogP contribution in [0.2, 0.25) is 0 Å². The van der Waals surface area contributed by atoms with Gasteiger partial charge in [0.1, 0.15) is 0 Å². The van der Waals surface area contributed by atoms with E-state index in [0.29, 0.717) is 0 Å². The van der Waals surface area contributed by atoms with Gasteiger partial charge in [0.05, 0.1) is 13.2 Å². The Kier molecular flexibility index (Phi) is 6.09. The van der Waals surface area contributed by atoms with Gasteiger partial charge in [0.2, 0.25) is 6.04 Å². The van der Waals surface area contributed by atoms with Gasteiger partial charge in [-0.05, 0) is 13.8 Å².